The second kappa shape index (κ2) is 7.79. The van der Waals surface area contributed by atoms with Crippen molar-refractivity contribution in [3.63, 3.8) is 0 Å². The average molecular weight is 341 g/mol. The van der Waals surface area contributed by atoms with E-state index in [4.69, 9.17) is 5.11 Å². The molecule has 0 radical (unpaired) electrons. The molecular weight excluding hydrogens is 326 g/mol. The van der Waals surface area contributed by atoms with E-state index in [1.807, 2.05) is 0 Å². The van der Waals surface area contributed by atoms with Crippen LogP contribution in [0.4, 0.5) is 16.2 Å². The summed E-state index contributed by atoms with van der Waals surface area (Å²) in [6.07, 6.45) is -0.807. The number of fused-ring (bicyclic) bond motifs is 1. The molecule has 1 aliphatic rings. The van der Waals surface area contributed by atoms with Crippen LogP contribution >= 0.6 is 11.8 Å². The van der Waals surface area contributed by atoms with E-state index in [0.717, 1.165) is 4.90 Å². The number of rotatable bonds is 5. The Kier molecular flexibility index (Phi) is 5.77. The Bertz CT molecular complexity index is 624. The van der Waals surface area contributed by atoms with Crippen molar-refractivity contribution in [1.82, 2.24) is 5.32 Å². The Morgan fingerprint density at radius 3 is 2.96 bits per heavy atom. The highest BCUT2D eigenvalue weighted by Gasteiger charge is 2.25. The van der Waals surface area contributed by atoms with Crippen molar-refractivity contribution in [2.75, 3.05) is 37.0 Å². The zero-order valence-electron chi connectivity index (χ0n) is 12.1. The minimum absolute atomic E-state index is 0.0978. The number of hydrogen-bond donors (Lipinski definition) is 2. The molecule has 2 rings (SSSR count). The van der Waals surface area contributed by atoms with Crippen LogP contribution in [0.3, 0.4) is 0 Å². The maximum absolute atomic E-state index is 12.2. The zero-order chi connectivity index (χ0) is 16.8. The lowest BCUT2D eigenvalue weighted by molar-refractivity contribution is -0.384. The van der Waals surface area contributed by atoms with E-state index in [0.29, 0.717) is 18.0 Å². The van der Waals surface area contributed by atoms with Crippen LogP contribution in [0.5, 0.6) is 0 Å². The Morgan fingerprint density at radius 2 is 2.26 bits per heavy atom. The van der Waals surface area contributed by atoms with Gasteiger partial charge in [-0.25, -0.2) is 4.79 Å². The molecule has 23 heavy (non-hydrogen) atoms. The molecule has 2 amide bonds. The number of nitrogens with zero attached hydrogens (tertiary/aromatic N) is 2. The number of hydrogen-bond acceptors (Lipinski definition) is 7. The largest absolute Gasteiger partial charge is 0.447 e. The predicted octanol–water partition coefficient (Wildman–Crippen LogP) is 0.752. The first-order valence-corrected chi connectivity index (χ1v) is 7.74. The Balaban J connectivity index is 2.06. The summed E-state index contributed by atoms with van der Waals surface area (Å²) in [6.45, 7) is -0.362. The maximum Gasteiger partial charge on any atom is 0.407 e. The molecule has 9 nitrogen and oxygen atoms in total. The van der Waals surface area contributed by atoms with Gasteiger partial charge in [-0.15, -0.1) is 11.8 Å². The lowest BCUT2D eigenvalue weighted by atomic mass is 10.2. The quantitative estimate of drug-likeness (QED) is 0.598. The molecule has 0 aromatic heterocycles. The second-order valence-electron chi connectivity index (χ2n) is 4.52. The Labute approximate surface area is 135 Å². The van der Waals surface area contributed by atoms with Crippen LogP contribution in [0.25, 0.3) is 0 Å². The number of benzene rings is 1. The fourth-order valence-electron chi connectivity index (χ4n) is 2.01. The lowest BCUT2D eigenvalue weighted by Gasteiger charge is -2.28. The summed E-state index contributed by atoms with van der Waals surface area (Å²) < 4.78 is 4.58. The number of carbonyl (C=O) groups is 2. The van der Waals surface area contributed by atoms with Gasteiger partial charge < -0.3 is 20.1 Å². The normalized spacial score (nSPS) is 13.2. The zero-order valence-corrected chi connectivity index (χ0v) is 12.9. The Morgan fingerprint density at radius 1 is 1.48 bits per heavy atom. The van der Waals surface area contributed by atoms with Crippen LogP contribution in [0.2, 0.25) is 0 Å². The molecule has 0 spiro atoms. The van der Waals surface area contributed by atoms with Crippen LogP contribution in [0.1, 0.15) is 0 Å². The van der Waals surface area contributed by atoms with Crippen molar-refractivity contribution in [3.05, 3.63) is 28.3 Å². The van der Waals surface area contributed by atoms with Crippen LogP contribution in [-0.4, -0.2) is 54.1 Å². The number of thioether (sulfide) groups is 1. The molecule has 1 aromatic carbocycles. The van der Waals surface area contributed by atoms with Crippen LogP contribution in [-0.2, 0) is 9.53 Å². The summed E-state index contributed by atoms with van der Waals surface area (Å²) in [5.41, 5.74) is 0.366. The van der Waals surface area contributed by atoms with Gasteiger partial charge in [0.25, 0.3) is 5.69 Å². The maximum atomic E-state index is 12.2. The monoisotopic (exact) mass is 341 g/mol. The van der Waals surface area contributed by atoms with Gasteiger partial charge in [0.15, 0.2) is 0 Å². The first kappa shape index (κ1) is 17.0. The molecule has 0 bridgehead atoms. The molecular formula is C13H15N3O6S. The van der Waals surface area contributed by atoms with Crippen LogP contribution in [0, 0.1) is 10.1 Å². The minimum Gasteiger partial charge on any atom is -0.447 e. The molecule has 1 heterocycles. The Hall–Kier alpha value is -2.33. The lowest BCUT2D eigenvalue weighted by Crippen LogP contribution is -2.43. The smallest absolute Gasteiger partial charge is 0.407 e. The molecule has 0 fully saturated rings. The van der Waals surface area contributed by atoms with Crippen molar-refractivity contribution in [3.8, 4) is 0 Å². The van der Waals surface area contributed by atoms with Crippen molar-refractivity contribution in [1.29, 1.82) is 0 Å². The number of nitro benzene ring substituents is 1. The molecule has 10 heteroatoms. The number of carbonyl (C=O) groups excluding carboxylic acids is 2. The van der Waals surface area contributed by atoms with E-state index < -0.39 is 16.9 Å². The average Bonchev–Trinajstić information content (AvgIpc) is 2.56. The third-order valence-electron chi connectivity index (χ3n) is 3.03. The topological polar surface area (TPSA) is 122 Å². The number of ether oxygens (including phenoxy) is 1. The highest BCUT2D eigenvalue weighted by molar-refractivity contribution is 7.99. The van der Waals surface area contributed by atoms with Crippen LogP contribution < -0.4 is 10.2 Å². The molecule has 124 valence electrons. The van der Waals surface area contributed by atoms with Crippen molar-refractivity contribution in [2.24, 2.45) is 0 Å². The first-order chi connectivity index (χ1) is 11.0. The molecule has 0 aliphatic carbocycles. The third-order valence-corrected chi connectivity index (χ3v) is 4.07. The molecule has 0 saturated heterocycles. The molecule has 0 unspecified atom stereocenters. The fraction of sp³-hybridized carbons (Fsp3) is 0.385. The van der Waals surface area contributed by atoms with E-state index in [9.17, 15) is 19.7 Å². The highest BCUT2D eigenvalue weighted by Crippen LogP contribution is 2.37. The van der Waals surface area contributed by atoms with E-state index in [-0.39, 0.29) is 25.4 Å². The van der Waals surface area contributed by atoms with Gasteiger partial charge in [-0.1, -0.05) is 0 Å². The summed E-state index contributed by atoms with van der Waals surface area (Å²) in [6, 6.07) is 4.36. The number of alkyl carbamates (subject to hydrolysis) is 1. The number of aliphatic hydroxyl groups is 1. The molecule has 2 N–H and O–H groups in total. The van der Waals surface area contributed by atoms with E-state index in [2.05, 4.69) is 10.1 Å². The van der Waals surface area contributed by atoms with E-state index in [1.165, 1.54) is 28.8 Å². The molecule has 0 saturated carbocycles. The van der Waals surface area contributed by atoms with Crippen molar-refractivity contribution < 1.29 is 24.4 Å². The van der Waals surface area contributed by atoms with E-state index >= 15 is 0 Å². The van der Waals surface area contributed by atoms with Gasteiger partial charge in [0, 0.05) is 29.3 Å². The van der Waals surface area contributed by atoms with Crippen molar-refractivity contribution >= 4 is 35.1 Å². The number of non-ortho nitro benzene ring substituents is 1. The van der Waals surface area contributed by atoms with Gasteiger partial charge >= 0.3 is 6.09 Å². The number of amides is 2. The van der Waals surface area contributed by atoms with Gasteiger partial charge in [-0.3, -0.25) is 14.9 Å². The molecule has 1 aliphatic heterocycles. The number of anilines is 1. The SMILES string of the molecule is O=C(NCC(=O)N1CCSc2ccc([N+](=O)[O-])cc21)OCCO. The summed E-state index contributed by atoms with van der Waals surface area (Å²) in [4.78, 5) is 36.1. The third kappa shape index (κ3) is 4.33. The predicted molar refractivity (Wildman–Crippen MR) is 82.6 cm³/mol. The summed E-state index contributed by atoms with van der Waals surface area (Å²) >= 11 is 1.51. The standard InChI is InChI=1S/C13H15N3O6S/c17-4-5-22-13(19)14-8-12(18)15-3-6-23-11-2-1-9(16(20)21)7-10(11)15/h1-2,7,17H,3-6,8H2,(H,14,19). The van der Waals surface area contributed by atoms with Gasteiger partial charge in [-0.05, 0) is 6.07 Å². The van der Waals surface area contributed by atoms with E-state index in [1.54, 1.807) is 6.07 Å². The summed E-state index contributed by atoms with van der Waals surface area (Å²) in [7, 11) is 0. The summed E-state index contributed by atoms with van der Waals surface area (Å²) in [5.74, 6) is 0.263. The summed E-state index contributed by atoms with van der Waals surface area (Å²) in [5, 5.41) is 21.7. The van der Waals surface area contributed by atoms with Gasteiger partial charge in [-0.2, -0.15) is 0 Å². The fourth-order valence-corrected chi connectivity index (χ4v) is 2.99. The molecule has 0 atom stereocenters. The van der Waals surface area contributed by atoms with Gasteiger partial charge in [0.2, 0.25) is 5.91 Å². The second-order valence-corrected chi connectivity index (χ2v) is 5.65. The van der Waals surface area contributed by atoms with Crippen molar-refractivity contribution in [2.45, 2.75) is 4.90 Å². The highest BCUT2D eigenvalue weighted by atomic mass is 32.2. The van der Waals surface area contributed by atoms with Gasteiger partial charge in [0.05, 0.1) is 17.2 Å². The van der Waals surface area contributed by atoms with Crippen LogP contribution in [0.15, 0.2) is 23.1 Å². The number of nitro groups is 1. The minimum atomic E-state index is -0.807. The molecule has 1 aromatic rings. The number of aliphatic hydroxyl groups excluding tert-OH is 1. The first-order valence-electron chi connectivity index (χ1n) is 6.76. The van der Waals surface area contributed by atoms with Gasteiger partial charge in [0.1, 0.15) is 13.2 Å². The number of nitrogens with one attached hydrogen (secondary N) is 1.